The van der Waals surface area contributed by atoms with Crippen LogP contribution in [0.4, 0.5) is 26.3 Å². The van der Waals surface area contributed by atoms with Crippen molar-refractivity contribution in [1.82, 2.24) is 4.72 Å². The molecule has 0 saturated carbocycles. The van der Waals surface area contributed by atoms with E-state index >= 15 is 0 Å². The molecule has 0 aliphatic rings. The fraction of sp³-hybridized carbons (Fsp3) is 0.667. The average molecular weight is 436 g/mol. The average Bonchev–Trinajstić information content (AvgIpc) is 2.82. The van der Waals surface area contributed by atoms with Crippen LogP contribution in [0.15, 0.2) is 17.5 Å². The van der Waals surface area contributed by atoms with Gasteiger partial charge in [-0.05, 0) is 23.4 Å². The topological polar surface area (TPSA) is 66.4 Å². The van der Waals surface area contributed by atoms with Gasteiger partial charge in [0.05, 0.1) is 17.2 Å². The van der Waals surface area contributed by atoms with E-state index in [1.807, 2.05) is 17.5 Å². The lowest BCUT2D eigenvalue weighted by Gasteiger charge is -2.27. The first kappa shape index (κ1) is 24.4. The van der Waals surface area contributed by atoms with Crippen molar-refractivity contribution in [2.24, 2.45) is 5.92 Å². The molecule has 0 aliphatic carbocycles. The van der Waals surface area contributed by atoms with E-state index < -0.39 is 53.8 Å². The quantitative estimate of drug-likeness (QED) is 0.668. The molecule has 0 aromatic carbocycles. The molecule has 0 amide bonds. The van der Waals surface area contributed by atoms with Crippen LogP contribution in [-0.2, 0) is 10.0 Å². The largest absolute Gasteiger partial charge is 0.395 e. The van der Waals surface area contributed by atoms with Crippen LogP contribution in [-0.4, -0.2) is 44.8 Å². The van der Waals surface area contributed by atoms with Crippen LogP contribution in [0.1, 0.15) is 12.8 Å². The summed E-state index contributed by atoms with van der Waals surface area (Å²) < 4.78 is 97.2. The van der Waals surface area contributed by atoms with Gasteiger partial charge in [0.25, 0.3) is 0 Å². The van der Waals surface area contributed by atoms with Gasteiger partial charge in [-0.15, -0.1) is 11.3 Å². The SMILES string of the molecule is CS(=O)(=O)NC(CO)C(CC(F)(F)F)CC(F)(F)F.Clc1cccs1. The van der Waals surface area contributed by atoms with Gasteiger partial charge in [0.1, 0.15) is 0 Å². The maximum atomic E-state index is 12.2. The van der Waals surface area contributed by atoms with Crippen LogP contribution in [0.2, 0.25) is 4.34 Å². The summed E-state index contributed by atoms with van der Waals surface area (Å²) in [4.78, 5) is 0. The number of halogens is 7. The monoisotopic (exact) mass is 435 g/mol. The maximum Gasteiger partial charge on any atom is 0.389 e. The highest BCUT2D eigenvalue weighted by Crippen LogP contribution is 2.34. The van der Waals surface area contributed by atoms with Crippen molar-refractivity contribution in [3.8, 4) is 0 Å². The summed E-state index contributed by atoms with van der Waals surface area (Å²) in [5.41, 5.74) is 0. The summed E-state index contributed by atoms with van der Waals surface area (Å²) in [5, 5.41) is 10.7. The van der Waals surface area contributed by atoms with Crippen molar-refractivity contribution in [2.75, 3.05) is 12.9 Å². The van der Waals surface area contributed by atoms with E-state index in [0.717, 1.165) is 4.34 Å². The van der Waals surface area contributed by atoms with Crippen LogP contribution in [0.25, 0.3) is 0 Å². The molecule has 1 unspecified atom stereocenters. The van der Waals surface area contributed by atoms with E-state index in [1.54, 1.807) is 16.1 Å². The lowest BCUT2D eigenvalue weighted by Crippen LogP contribution is -2.45. The number of aliphatic hydroxyl groups excluding tert-OH is 1. The molecule has 1 aromatic heterocycles. The third kappa shape index (κ3) is 14.3. The fourth-order valence-electron chi connectivity index (χ4n) is 1.77. The van der Waals surface area contributed by atoms with Gasteiger partial charge in [-0.25, -0.2) is 13.1 Å². The molecule has 0 aliphatic heterocycles. The van der Waals surface area contributed by atoms with Crippen LogP contribution < -0.4 is 4.72 Å². The van der Waals surface area contributed by atoms with Crippen LogP contribution in [0.5, 0.6) is 0 Å². The molecule has 13 heteroatoms. The molecule has 1 aromatic rings. The van der Waals surface area contributed by atoms with Crippen LogP contribution in [0, 0.1) is 5.92 Å². The minimum atomic E-state index is -4.90. The van der Waals surface area contributed by atoms with Crippen molar-refractivity contribution in [3.05, 3.63) is 21.8 Å². The molecule has 0 radical (unpaired) electrons. The normalized spacial score (nSPS) is 14.2. The molecule has 1 atom stereocenters. The Bertz CT molecular complexity index is 573. The number of rotatable bonds is 6. The van der Waals surface area contributed by atoms with E-state index in [-0.39, 0.29) is 0 Å². The number of aliphatic hydroxyl groups is 1. The zero-order valence-electron chi connectivity index (χ0n) is 12.7. The number of hydrogen-bond donors (Lipinski definition) is 2. The molecule has 1 rings (SSSR count). The zero-order chi connectivity index (χ0) is 19.9. The van der Waals surface area contributed by atoms with Crippen molar-refractivity contribution < 1.29 is 39.9 Å². The Morgan fingerprint density at radius 1 is 1.20 bits per heavy atom. The third-order valence-corrected chi connectivity index (χ3v) is 4.38. The summed E-state index contributed by atoms with van der Waals surface area (Å²) in [6.45, 7) is -1.16. The van der Waals surface area contributed by atoms with Gasteiger partial charge >= 0.3 is 12.4 Å². The fourth-order valence-corrected chi connectivity index (χ4v) is 3.26. The lowest BCUT2D eigenvalue weighted by molar-refractivity contribution is -0.176. The second-order valence-electron chi connectivity index (χ2n) is 4.99. The first-order chi connectivity index (χ1) is 11.1. The van der Waals surface area contributed by atoms with E-state index in [0.29, 0.717) is 6.26 Å². The molecule has 0 spiro atoms. The van der Waals surface area contributed by atoms with Crippen LogP contribution in [0.3, 0.4) is 0 Å². The predicted octanol–water partition coefficient (Wildman–Crippen LogP) is 3.82. The highest BCUT2D eigenvalue weighted by atomic mass is 35.5. The third-order valence-electron chi connectivity index (χ3n) is 2.60. The molecule has 148 valence electrons. The van der Waals surface area contributed by atoms with Gasteiger partial charge in [0.2, 0.25) is 10.0 Å². The second kappa shape index (κ2) is 9.95. The number of thiophene rings is 1. The van der Waals surface area contributed by atoms with Gasteiger partial charge in [0, 0.05) is 18.9 Å². The molecule has 4 nitrogen and oxygen atoms in total. The van der Waals surface area contributed by atoms with Gasteiger partial charge in [-0.1, -0.05) is 11.6 Å². The Morgan fingerprint density at radius 2 is 1.68 bits per heavy atom. The van der Waals surface area contributed by atoms with Gasteiger partial charge < -0.3 is 5.11 Å². The molecule has 25 heavy (non-hydrogen) atoms. The van der Waals surface area contributed by atoms with E-state index in [9.17, 15) is 34.8 Å². The van der Waals surface area contributed by atoms with Crippen molar-refractivity contribution in [3.63, 3.8) is 0 Å². The minimum absolute atomic E-state index is 0.577. The van der Waals surface area contributed by atoms with Crippen molar-refractivity contribution >= 4 is 33.0 Å². The first-order valence-corrected chi connectivity index (χ1v) is 9.68. The molecule has 1 heterocycles. The highest BCUT2D eigenvalue weighted by Gasteiger charge is 2.42. The molecule has 0 saturated heterocycles. The van der Waals surface area contributed by atoms with Crippen molar-refractivity contribution in [1.29, 1.82) is 0 Å². The predicted molar refractivity (Wildman–Crippen MR) is 83.0 cm³/mol. The maximum absolute atomic E-state index is 12.2. The zero-order valence-corrected chi connectivity index (χ0v) is 15.1. The number of sulfonamides is 1. The Morgan fingerprint density at radius 3 is 1.88 bits per heavy atom. The number of alkyl halides is 6. The van der Waals surface area contributed by atoms with Gasteiger partial charge in [0.15, 0.2) is 0 Å². The van der Waals surface area contributed by atoms with Crippen molar-refractivity contribution in [2.45, 2.75) is 31.2 Å². The summed E-state index contributed by atoms with van der Waals surface area (Å²) >= 11 is 7.02. The molecular weight excluding hydrogens is 420 g/mol. The summed E-state index contributed by atoms with van der Waals surface area (Å²) in [6.07, 6.45) is -12.9. The summed E-state index contributed by atoms with van der Waals surface area (Å²) in [6, 6.07) is 1.94. The smallest absolute Gasteiger partial charge is 0.389 e. The number of nitrogens with one attached hydrogen (secondary N) is 1. The minimum Gasteiger partial charge on any atom is -0.395 e. The molecular formula is C12H16ClF6NO3S2. The van der Waals surface area contributed by atoms with Gasteiger partial charge in [-0.3, -0.25) is 0 Å². The molecule has 0 bridgehead atoms. The first-order valence-electron chi connectivity index (χ1n) is 6.53. The standard InChI is InChI=1S/C8H13F6NO3S.C4H3ClS/c1-19(17,18)15-6(4-16)5(2-7(9,10)11)3-8(12,13)14;5-4-2-1-3-6-4/h5-6,15-16H,2-4H2,1H3;1-3H. The van der Waals surface area contributed by atoms with E-state index in [1.165, 1.54) is 0 Å². The van der Waals surface area contributed by atoms with Crippen LogP contribution >= 0.6 is 22.9 Å². The molecule has 0 fully saturated rings. The van der Waals surface area contributed by atoms with Gasteiger partial charge in [-0.2, -0.15) is 26.3 Å². The van der Waals surface area contributed by atoms with E-state index in [2.05, 4.69) is 0 Å². The lowest BCUT2D eigenvalue weighted by atomic mass is 9.93. The highest BCUT2D eigenvalue weighted by molar-refractivity contribution is 7.88. The Kier molecular flexibility index (Phi) is 9.73. The Hall–Kier alpha value is -0.560. The Balaban J connectivity index is 0.000000796. The summed E-state index contributed by atoms with van der Waals surface area (Å²) in [5.74, 6) is -2.13. The number of hydrogen-bond acceptors (Lipinski definition) is 4. The second-order valence-corrected chi connectivity index (χ2v) is 8.35. The van der Waals surface area contributed by atoms with E-state index in [4.69, 9.17) is 16.7 Å². The summed E-state index contributed by atoms with van der Waals surface area (Å²) in [7, 11) is -4.04. The Labute approximate surface area is 149 Å². The molecule has 2 N–H and O–H groups in total.